The van der Waals surface area contributed by atoms with E-state index in [9.17, 15) is 14.0 Å². The number of carbonyl (C=O) groups is 2. The van der Waals surface area contributed by atoms with Crippen LogP contribution in [0.5, 0.6) is 0 Å². The van der Waals surface area contributed by atoms with Crippen molar-refractivity contribution >= 4 is 35.0 Å². The van der Waals surface area contributed by atoms with Crippen molar-refractivity contribution < 1.29 is 18.7 Å². The zero-order valence-corrected chi connectivity index (χ0v) is 12.6. The lowest BCUT2D eigenvalue weighted by atomic mass is 10.1. The van der Waals surface area contributed by atoms with E-state index in [0.29, 0.717) is 0 Å². The standard InChI is InChI=1S/C14H9FN4O3S/c1-22-12(20)5-11-13(21)18-14(23-11)19-17-7-9-8(6-16)3-2-4-10(9)15/h2-5,7H,1H3,(H,18,19,21)/b11-5+,17-7?. The van der Waals surface area contributed by atoms with Crippen LogP contribution in [0.2, 0.25) is 0 Å². The summed E-state index contributed by atoms with van der Waals surface area (Å²) in [6.07, 6.45) is 2.10. The number of hydrogen-bond acceptors (Lipinski definition) is 7. The lowest BCUT2D eigenvalue weighted by Crippen LogP contribution is -2.19. The lowest BCUT2D eigenvalue weighted by Gasteiger charge is -1.97. The molecule has 1 saturated heterocycles. The highest BCUT2D eigenvalue weighted by molar-refractivity contribution is 8.18. The summed E-state index contributed by atoms with van der Waals surface area (Å²) in [5, 5.41) is 18.8. The molecule has 1 N–H and O–H groups in total. The number of amidine groups is 1. The molecule has 2 rings (SSSR count). The number of ether oxygens (including phenoxy) is 1. The first-order chi connectivity index (χ1) is 11.0. The summed E-state index contributed by atoms with van der Waals surface area (Å²) in [6, 6.07) is 5.89. The number of amides is 1. The number of nitriles is 1. The van der Waals surface area contributed by atoms with Crippen LogP contribution in [0.4, 0.5) is 4.39 Å². The minimum absolute atomic E-state index is 0.000926. The van der Waals surface area contributed by atoms with Gasteiger partial charge in [0.15, 0.2) is 5.17 Å². The van der Waals surface area contributed by atoms with Gasteiger partial charge in [-0.3, -0.25) is 10.1 Å². The molecule has 23 heavy (non-hydrogen) atoms. The summed E-state index contributed by atoms with van der Waals surface area (Å²) in [5.74, 6) is -1.79. The third-order valence-corrected chi connectivity index (χ3v) is 3.51. The van der Waals surface area contributed by atoms with Crippen molar-refractivity contribution in [1.82, 2.24) is 5.32 Å². The van der Waals surface area contributed by atoms with E-state index >= 15 is 0 Å². The largest absolute Gasteiger partial charge is 0.466 e. The Kier molecular flexibility index (Phi) is 5.22. The number of carbonyl (C=O) groups excluding carboxylic acids is 2. The molecule has 0 saturated carbocycles. The number of halogens is 1. The van der Waals surface area contributed by atoms with Gasteiger partial charge in [-0.05, 0) is 23.9 Å². The van der Waals surface area contributed by atoms with Crippen LogP contribution < -0.4 is 5.32 Å². The van der Waals surface area contributed by atoms with E-state index in [1.165, 1.54) is 25.3 Å². The van der Waals surface area contributed by atoms with E-state index in [2.05, 4.69) is 20.3 Å². The predicted octanol–water partition coefficient (Wildman–Crippen LogP) is 1.31. The van der Waals surface area contributed by atoms with Crippen LogP contribution in [-0.4, -0.2) is 30.4 Å². The molecule has 0 spiro atoms. The SMILES string of the molecule is COC(=O)/C=C1/S/C(=N\N=Cc2c(F)cccc2C#N)NC1=O. The van der Waals surface area contributed by atoms with Crippen LogP contribution in [0.25, 0.3) is 0 Å². The van der Waals surface area contributed by atoms with Crippen molar-refractivity contribution in [2.75, 3.05) is 7.11 Å². The molecule has 1 aromatic rings. The molecule has 116 valence electrons. The molecule has 1 fully saturated rings. The molecular formula is C14H9FN4O3S. The minimum atomic E-state index is -0.669. The second kappa shape index (κ2) is 7.33. The maximum absolute atomic E-state index is 13.6. The first-order valence-corrected chi connectivity index (χ1v) is 6.95. The van der Waals surface area contributed by atoms with Crippen LogP contribution in [0.15, 0.2) is 39.4 Å². The average molecular weight is 332 g/mol. The summed E-state index contributed by atoms with van der Waals surface area (Å²) in [4.78, 5) is 22.8. The van der Waals surface area contributed by atoms with Crippen molar-refractivity contribution in [2.24, 2.45) is 10.2 Å². The number of nitrogens with one attached hydrogen (secondary N) is 1. The third kappa shape index (κ3) is 4.02. The first kappa shape index (κ1) is 16.4. The van der Waals surface area contributed by atoms with Crippen LogP contribution in [0.3, 0.4) is 0 Å². The molecule has 1 aliphatic heterocycles. The summed E-state index contributed by atoms with van der Waals surface area (Å²) in [5.41, 5.74) is 0.113. The van der Waals surface area contributed by atoms with Gasteiger partial charge < -0.3 is 4.74 Å². The summed E-state index contributed by atoms with van der Waals surface area (Å²) < 4.78 is 18.0. The van der Waals surface area contributed by atoms with E-state index in [-0.39, 0.29) is 21.2 Å². The number of benzene rings is 1. The number of nitrogens with zero attached hydrogens (tertiary/aromatic N) is 3. The topological polar surface area (TPSA) is 104 Å². The van der Waals surface area contributed by atoms with E-state index in [4.69, 9.17) is 5.26 Å². The first-order valence-electron chi connectivity index (χ1n) is 6.13. The fraction of sp³-hybridized carbons (Fsp3) is 0.0714. The summed E-state index contributed by atoms with van der Waals surface area (Å²) >= 11 is 0.889. The van der Waals surface area contributed by atoms with Gasteiger partial charge in [0.2, 0.25) is 0 Å². The Morgan fingerprint density at radius 2 is 2.30 bits per heavy atom. The molecule has 0 aliphatic carbocycles. The predicted molar refractivity (Wildman–Crippen MR) is 82.0 cm³/mol. The summed E-state index contributed by atoms with van der Waals surface area (Å²) in [7, 11) is 1.19. The molecule has 1 heterocycles. The molecule has 0 radical (unpaired) electrons. The second-order valence-corrected chi connectivity index (χ2v) is 5.08. The molecule has 1 aromatic carbocycles. The zero-order chi connectivity index (χ0) is 16.8. The van der Waals surface area contributed by atoms with E-state index < -0.39 is 17.7 Å². The normalized spacial score (nSPS) is 17.5. The number of hydrogen-bond donors (Lipinski definition) is 1. The van der Waals surface area contributed by atoms with Gasteiger partial charge in [-0.1, -0.05) is 6.07 Å². The van der Waals surface area contributed by atoms with Gasteiger partial charge in [-0.2, -0.15) is 10.4 Å². The maximum atomic E-state index is 13.6. The molecule has 0 atom stereocenters. The fourth-order valence-corrected chi connectivity index (χ4v) is 2.28. The Balaban J connectivity index is 2.17. The Labute approximate surface area is 134 Å². The fourth-order valence-electron chi connectivity index (χ4n) is 1.55. The molecule has 1 amide bonds. The van der Waals surface area contributed by atoms with E-state index in [0.717, 1.165) is 24.1 Å². The molecule has 9 heteroatoms. The Morgan fingerprint density at radius 1 is 1.52 bits per heavy atom. The van der Waals surface area contributed by atoms with Gasteiger partial charge in [-0.15, -0.1) is 5.10 Å². The quantitative estimate of drug-likeness (QED) is 0.389. The molecular weight excluding hydrogens is 323 g/mol. The molecule has 1 aliphatic rings. The lowest BCUT2D eigenvalue weighted by molar-refractivity contribution is -0.135. The van der Waals surface area contributed by atoms with Gasteiger partial charge in [0.05, 0.1) is 29.9 Å². The van der Waals surface area contributed by atoms with Crippen molar-refractivity contribution in [3.05, 3.63) is 46.1 Å². The van der Waals surface area contributed by atoms with Crippen molar-refractivity contribution in [2.45, 2.75) is 0 Å². The van der Waals surface area contributed by atoms with Gasteiger partial charge in [0.1, 0.15) is 5.82 Å². The number of rotatable bonds is 3. The van der Waals surface area contributed by atoms with E-state index in [1.54, 1.807) is 0 Å². The molecule has 0 bridgehead atoms. The highest BCUT2D eigenvalue weighted by atomic mass is 32.2. The Morgan fingerprint density at radius 3 is 3.00 bits per heavy atom. The van der Waals surface area contributed by atoms with Crippen molar-refractivity contribution in [1.29, 1.82) is 5.26 Å². The van der Waals surface area contributed by atoms with Crippen LogP contribution >= 0.6 is 11.8 Å². The monoisotopic (exact) mass is 332 g/mol. The maximum Gasteiger partial charge on any atom is 0.331 e. The minimum Gasteiger partial charge on any atom is -0.466 e. The van der Waals surface area contributed by atoms with Crippen molar-refractivity contribution in [3.63, 3.8) is 0 Å². The Bertz CT molecular complexity index is 796. The smallest absolute Gasteiger partial charge is 0.331 e. The van der Waals surface area contributed by atoms with Gasteiger partial charge in [0.25, 0.3) is 5.91 Å². The summed E-state index contributed by atoms with van der Waals surface area (Å²) in [6.45, 7) is 0. The zero-order valence-electron chi connectivity index (χ0n) is 11.7. The number of esters is 1. The average Bonchev–Trinajstić information content (AvgIpc) is 2.88. The van der Waals surface area contributed by atoms with Gasteiger partial charge in [-0.25, -0.2) is 9.18 Å². The number of thioether (sulfide) groups is 1. The Hall–Kier alpha value is -2.99. The molecule has 0 unspecified atom stereocenters. The third-order valence-electron chi connectivity index (χ3n) is 2.61. The van der Waals surface area contributed by atoms with Crippen LogP contribution in [0.1, 0.15) is 11.1 Å². The highest BCUT2D eigenvalue weighted by Crippen LogP contribution is 2.23. The van der Waals surface area contributed by atoms with Gasteiger partial charge in [0, 0.05) is 11.6 Å². The highest BCUT2D eigenvalue weighted by Gasteiger charge is 2.25. The van der Waals surface area contributed by atoms with Crippen LogP contribution in [0, 0.1) is 17.1 Å². The van der Waals surface area contributed by atoms with E-state index in [1.807, 2.05) is 6.07 Å². The molecule has 0 aromatic heterocycles. The van der Waals surface area contributed by atoms with Crippen molar-refractivity contribution in [3.8, 4) is 6.07 Å². The number of methoxy groups -OCH3 is 1. The van der Waals surface area contributed by atoms with Gasteiger partial charge >= 0.3 is 5.97 Å². The molecule has 7 nitrogen and oxygen atoms in total. The second-order valence-electron chi connectivity index (χ2n) is 4.05. The van der Waals surface area contributed by atoms with Crippen LogP contribution in [-0.2, 0) is 14.3 Å².